The molecule has 0 saturated carbocycles. The summed E-state index contributed by atoms with van der Waals surface area (Å²) in [6.45, 7) is 5.58. The number of hydrogen-bond donors (Lipinski definition) is 1. The zero-order valence-electron chi connectivity index (χ0n) is 15.1. The summed E-state index contributed by atoms with van der Waals surface area (Å²) in [4.78, 5) is 14.9. The molecule has 1 saturated heterocycles. The third kappa shape index (κ3) is 5.32. The number of nitrogens with zero attached hydrogens (tertiary/aromatic N) is 1. The van der Waals surface area contributed by atoms with Crippen molar-refractivity contribution >= 4 is 21.8 Å². The number of carbonyl (C=O) groups is 1. The molecular weight excluding hydrogens is 392 g/mol. The molecule has 5 heteroatoms. The molecule has 1 atom stereocenters. The summed E-state index contributed by atoms with van der Waals surface area (Å²) < 4.78 is 6.70. The number of hydrogen-bond acceptors (Lipinski definition) is 3. The fourth-order valence-electron chi connectivity index (χ4n) is 3.16. The van der Waals surface area contributed by atoms with E-state index in [0.29, 0.717) is 12.3 Å². The molecular formula is C21H25BrN2O2. The van der Waals surface area contributed by atoms with E-state index in [-0.39, 0.29) is 5.91 Å². The van der Waals surface area contributed by atoms with Crippen molar-refractivity contribution < 1.29 is 9.53 Å². The van der Waals surface area contributed by atoms with Crippen LogP contribution in [0.2, 0.25) is 0 Å². The highest BCUT2D eigenvalue weighted by Crippen LogP contribution is 2.18. The topological polar surface area (TPSA) is 41.6 Å². The minimum atomic E-state index is -0.540. The van der Waals surface area contributed by atoms with Crippen molar-refractivity contribution in [3.63, 3.8) is 0 Å². The van der Waals surface area contributed by atoms with Crippen LogP contribution in [0.4, 0.5) is 0 Å². The van der Waals surface area contributed by atoms with Crippen molar-refractivity contribution in [2.45, 2.75) is 39.0 Å². The molecule has 0 aromatic heterocycles. The summed E-state index contributed by atoms with van der Waals surface area (Å²) in [6.07, 6.45) is 2.02. The van der Waals surface area contributed by atoms with E-state index in [0.717, 1.165) is 11.0 Å². The Balaban J connectivity index is 1.54. The van der Waals surface area contributed by atoms with Crippen LogP contribution in [0.3, 0.4) is 0 Å². The molecule has 0 unspecified atom stereocenters. The highest BCUT2D eigenvalue weighted by atomic mass is 79.9. The zero-order chi connectivity index (χ0) is 18.4. The van der Waals surface area contributed by atoms with Gasteiger partial charge in [0.15, 0.2) is 6.10 Å². The number of benzene rings is 2. The SMILES string of the molecule is C[C@@H](Oc1ccc(Br)cc1)C(=O)NCc1ccccc1CN1CCCC1. The van der Waals surface area contributed by atoms with Gasteiger partial charge in [0.25, 0.3) is 5.91 Å². The van der Waals surface area contributed by atoms with Crippen molar-refractivity contribution in [1.29, 1.82) is 0 Å². The van der Waals surface area contributed by atoms with Gasteiger partial charge >= 0.3 is 0 Å². The van der Waals surface area contributed by atoms with Gasteiger partial charge in [0, 0.05) is 17.6 Å². The molecule has 2 aromatic rings. The lowest BCUT2D eigenvalue weighted by Crippen LogP contribution is -2.36. The maximum atomic E-state index is 12.4. The highest BCUT2D eigenvalue weighted by Gasteiger charge is 2.16. The van der Waals surface area contributed by atoms with Crippen molar-refractivity contribution in [1.82, 2.24) is 10.2 Å². The Morgan fingerprint density at radius 3 is 2.46 bits per heavy atom. The van der Waals surface area contributed by atoms with E-state index in [1.165, 1.54) is 37.1 Å². The third-order valence-corrected chi connectivity index (χ3v) is 5.19. The minimum Gasteiger partial charge on any atom is -0.481 e. The van der Waals surface area contributed by atoms with Gasteiger partial charge in [0.1, 0.15) is 5.75 Å². The minimum absolute atomic E-state index is 0.108. The molecule has 0 spiro atoms. The van der Waals surface area contributed by atoms with Crippen LogP contribution < -0.4 is 10.1 Å². The van der Waals surface area contributed by atoms with E-state index >= 15 is 0 Å². The lowest BCUT2D eigenvalue weighted by atomic mass is 10.1. The first kappa shape index (κ1) is 18.9. The number of ether oxygens (including phenoxy) is 1. The smallest absolute Gasteiger partial charge is 0.261 e. The van der Waals surface area contributed by atoms with E-state index in [9.17, 15) is 4.79 Å². The second-order valence-corrected chi connectivity index (χ2v) is 7.60. The molecule has 0 aliphatic carbocycles. The Morgan fingerprint density at radius 2 is 1.77 bits per heavy atom. The molecule has 3 rings (SSSR count). The van der Waals surface area contributed by atoms with Crippen molar-refractivity contribution in [2.75, 3.05) is 13.1 Å². The van der Waals surface area contributed by atoms with E-state index in [1.807, 2.05) is 30.3 Å². The quantitative estimate of drug-likeness (QED) is 0.737. The molecule has 0 radical (unpaired) electrons. The van der Waals surface area contributed by atoms with Gasteiger partial charge in [-0.2, -0.15) is 0 Å². The Morgan fingerprint density at radius 1 is 1.12 bits per heavy atom. The van der Waals surface area contributed by atoms with Gasteiger partial charge in [0.05, 0.1) is 0 Å². The van der Waals surface area contributed by atoms with Crippen LogP contribution in [0.25, 0.3) is 0 Å². The maximum Gasteiger partial charge on any atom is 0.261 e. The molecule has 1 amide bonds. The number of carbonyl (C=O) groups excluding carboxylic acids is 1. The number of amides is 1. The summed E-state index contributed by atoms with van der Waals surface area (Å²) in [6, 6.07) is 15.8. The summed E-state index contributed by atoms with van der Waals surface area (Å²) >= 11 is 3.39. The van der Waals surface area contributed by atoms with Crippen LogP contribution in [0, 0.1) is 0 Å². The average molecular weight is 417 g/mol. The van der Waals surface area contributed by atoms with Crippen LogP contribution in [-0.4, -0.2) is 30.0 Å². The number of halogens is 1. The lowest BCUT2D eigenvalue weighted by Gasteiger charge is -2.19. The molecule has 1 aliphatic rings. The van der Waals surface area contributed by atoms with Crippen LogP contribution in [0.5, 0.6) is 5.75 Å². The summed E-state index contributed by atoms with van der Waals surface area (Å²) in [5, 5.41) is 3.00. The molecule has 138 valence electrons. The standard InChI is InChI=1S/C21H25BrN2O2/c1-16(26-20-10-8-19(22)9-11-20)21(25)23-14-17-6-2-3-7-18(17)15-24-12-4-5-13-24/h2-3,6-11,16H,4-5,12-15H2,1H3,(H,23,25)/t16-/m1/s1. The van der Waals surface area contributed by atoms with Crippen molar-refractivity contribution in [2.24, 2.45) is 0 Å². The van der Waals surface area contributed by atoms with E-state index in [1.54, 1.807) is 6.92 Å². The summed E-state index contributed by atoms with van der Waals surface area (Å²) in [7, 11) is 0. The summed E-state index contributed by atoms with van der Waals surface area (Å²) in [5.41, 5.74) is 2.46. The largest absolute Gasteiger partial charge is 0.481 e. The van der Waals surface area contributed by atoms with E-state index in [4.69, 9.17) is 4.74 Å². The molecule has 2 aromatic carbocycles. The van der Waals surface area contributed by atoms with Gasteiger partial charge in [-0.25, -0.2) is 0 Å². The normalized spacial score (nSPS) is 15.6. The predicted molar refractivity (Wildman–Crippen MR) is 107 cm³/mol. The second kappa shape index (κ2) is 9.19. The van der Waals surface area contributed by atoms with Crippen molar-refractivity contribution in [3.8, 4) is 5.75 Å². The van der Waals surface area contributed by atoms with Gasteiger partial charge in [-0.15, -0.1) is 0 Å². The van der Waals surface area contributed by atoms with Crippen LogP contribution in [-0.2, 0) is 17.9 Å². The second-order valence-electron chi connectivity index (χ2n) is 6.68. The van der Waals surface area contributed by atoms with E-state index in [2.05, 4.69) is 44.3 Å². The Bertz CT molecular complexity index is 727. The van der Waals surface area contributed by atoms with Crippen LogP contribution in [0.1, 0.15) is 30.9 Å². The molecule has 1 heterocycles. The molecule has 1 fully saturated rings. The molecule has 1 aliphatic heterocycles. The first-order valence-corrected chi connectivity index (χ1v) is 9.90. The molecule has 1 N–H and O–H groups in total. The fourth-order valence-corrected chi connectivity index (χ4v) is 3.43. The highest BCUT2D eigenvalue weighted by molar-refractivity contribution is 9.10. The van der Waals surface area contributed by atoms with E-state index < -0.39 is 6.10 Å². The van der Waals surface area contributed by atoms with Gasteiger partial charge in [0.2, 0.25) is 0 Å². The van der Waals surface area contributed by atoms with Crippen molar-refractivity contribution in [3.05, 3.63) is 64.1 Å². The van der Waals surface area contributed by atoms with Gasteiger partial charge in [-0.3, -0.25) is 9.69 Å². The van der Waals surface area contributed by atoms with Crippen LogP contribution >= 0.6 is 15.9 Å². The summed E-state index contributed by atoms with van der Waals surface area (Å²) in [5.74, 6) is 0.578. The Labute approximate surface area is 163 Å². The van der Waals surface area contributed by atoms with Crippen LogP contribution in [0.15, 0.2) is 53.0 Å². The fraction of sp³-hybridized carbons (Fsp3) is 0.381. The number of nitrogens with one attached hydrogen (secondary N) is 1. The average Bonchev–Trinajstić information content (AvgIpc) is 3.15. The molecule has 0 bridgehead atoms. The zero-order valence-corrected chi connectivity index (χ0v) is 16.7. The number of rotatable bonds is 7. The van der Waals surface area contributed by atoms with Gasteiger partial charge in [-0.05, 0) is 68.2 Å². The van der Waals surface area contributed by atoms with Gasteiger partial charge < -0.3 is 10.1 Å². The lowest BCUT2D eigenvalue weighted by molar-refractivity contribution is -0.127. The van der Waals surface area contributed by atoms with Gasteiger partial charge in [-0.1, -0.05) is 40.2 Å². The monoisotopic (exact) mass is 416 g/mol. The predicted octanol–water partition coefficient (Wildman–Crippen LogP) is 4.13. The number of likely N-dealkylation sites (tertiary alicyclic amines) is 1. The Hall–Kier alpha value is -1.85. The first-order chi connectivity index (χ1) is 12.6. The molecule has 26 heavy (non-hydrogen) atoms. The Kier molecular flexibility index (Phi) is 6.69. The third-order valence-electron chi connectivity index (χ3n) is 4.66. The molecule has 4 nitrogen and oxygen atoms in total. The maximum absolute atomic E-state index is 12.4. The first-order valence-electron chi connectivity index (χ1n) is 9.11.